The summed E-state index contributed by atoms with van der Waals surface area (Å²) in [6.07, 6.45) is 4.91. The second-order valence-electron chi connectivity index (χ2n) is 5.73. The molecule has 3 N–H and O–H groups in total. The fourth-order valence-corrected chi connectivity index (χ4v) is 3.63. The van der Waals surface area contributed by atoms with E-state index in [4.69, 9.17) is 17.3 Å². The Morgan fingerprint density at radius 2 is 2.00 bits per heavy atom. The molecular weight excluding hydrogens is 272 g/mol. The van der Waals surface area contributed by atoms with E-state index >= 15 is 0 Å². The zero-order valence-corrected chi connectivity index (χ0v) is 12.9. The van der Waals surface area contributed by atoms with Crippen LogP contribution in [0.5, 0.6) is 0 Å². The van der Waals surface area contributed by atoms with Crippen molar-refractivity contribution >= 4 is 11.6 Å². The molecule has 1 aliphatic carbocycles. The van der Waals surface area contributed by atoms with Gasteiger partial charge in [0, 0.05) is 23.7 Å². The third-order valence-corrected chi connectivity index (χ3v) is 4.58. The SMILES string of the molecule is CC(N)C(c1ccccc1Cl)N(CCO)C1CCCC1. The number of rotatable bonds is 6. The first-order valence-corrected chi connectivity index (χ1v) is 7.89. The van der Waals surface area contributed by atoms with E-state index in [1.165, 1.54) is 25.7 Å². The fourth-order valence-electron chi connectivity index (χ4n) is 3.38. The van der Waals surface area contributed by atoms with Crippen LogP contribution in [0, 0.1) is 0 Å². The zero-order valence-electron chi connectivity index (χ0n) is 12.1. The van der Waals surface area contributed by atoms with Crippen LogP contribution in [-0.4, -0.2) is 35.2 Å². The molecule has 1 aromatic carbocycles. The van der Waals surface area contributed by atoms with Crippen molar-refractivity contribution in [2.24, 2.45) is 5.73 Å². The number of hydrogen-bond acceptors (Lipinski definition) is 3. The minimum absolute atomic E-state index is 0.0259. The lowest BCUT2D eigenvalue weighted by Crippen LogP contribution is -2.45. The van der Waals surface area contributed by atoms with Gasteiger partial charge in [-0.2, -0.15) is 0 Å². The van der Waals surface area contributed by atoms with Crippen molar-refractivity contribution < 1.29 is 5.11 Å². The Morgan fingerprint density at radius 3 is 2.55 bits per heavy atom. The number of hydrogen-bond donors (Lipinski definition) is 2. The standard InChI is InChI=1S/C16H25ClN2O/c1-12(18)16(14-8-4-5-9-15(14)17)19(10-11-20)13-6-2-3-7-13/h4-5,8-9,12-13,16,20H,2-3,6-7,10-11,18H2,1H3. The highest BCUT2D eigenvalue weighted by atomic mass is 35.5. The Bertz CT molecular complexity index is 419. The summed E-state index contributed by atoms with van der Waals surface area (Å²) >= 11 is 6.37. The molecule has 3 nitrogen and oxygen atoms in total. The molecule has 0 bridgehead atoms. The highest BCUT2D eigenvalue weighted by Gasteiger charge is 2.32. The molecule has 0 spiro atoms. The molecular formula is C16H25ClN2O. The Morgan fingerprint density at radius 1 is 1.35 bits per heavy atom. The first-order valence-electron chi connectivity index (χ1n) is 7.51. The van der Waals surface area contributed by atoms with Gasteiger partial charge in [-0.05, 0) is 31.4 Å². The molecule has 0 aromatic heterocycles. The average molecular weight is 297 g/mol. The molecule has 2 unspecified atom stereocenters. The molecule has 0 amide bonds. The van der Waals surface area contributed by atoms with Crippen LogP contribution < -0.4 is 5.73 Å². The van der Waals surface area contributed by atoms with Crippen LogP contribution in [0.2, 0.25) is 5.02 Å². The minimum Gasteiger partial charge on any atom is -0.395 e. The maximum Gasteiger partial charge on any atom is 0.0558 e. The smallest absolute Gasteiger partial charge is 0.0558 e. The summed E-state index contributed by atoms with van der Waals surface area (Å²) in [4.78, 5) is 2.36. The summed E-state index contributed by atoms with van der Waals surface area (Å²) in [7, 11) is 0. The summed E-state index contributed by atoms with van der Waals surface area (Å²) in [6, 6.07) is 8.46. The molecule has 0 heterocycles. The summed E-state index contributed by atoms with van der Waals surface area (Å²) < 4.78 is 0. The van der Waals surface area contributed by atoms with Crippen LogP contribution in [-0.2, 0) is 0 Å². The van der Waals surface area contributed by atoms with Gasteiger partial charge < -0.3 is 10.8 Å². The number of halogens is 1. The highest BCUT2D eigenvalue weighted by molar-refractivity contribution is 6.31. The van der Waals surface area contributed by atoms with E-state index in [9.17, 15) is 5.11 Å². The molecule has 4 heteroatoms. The van der Waals surface area contributed by atoms with Crippen molar-refractivity contribution in [2.45, 2.75) is 50.7 Å². The minimum atomic E-state index is -0.0259. The van der Waals surface area contributed by atoms with Gasteiger partial charge in [0.25, 0.3) is 0 Å². The number of benzene rings is 1. The van der Waals surface area contributed by atoms with Crippen LogP contribution in [0.1, 0.15) is 44.2 Å². The third-order valence-electron chi connectivity index (χ3n) is 4.23. The molecule has 2 rings (SSSR count). The van der Waals surface area contributed by atoms with E-state index in [2.05, 4.69) is 11.0 Å². The predicted molar refractivity (Wildman–Crippen MR) is 83.9 cm³/mol. The lowest BCUT2D eigenvalue weighted by atomic mass is 9.96. The van der Waals surface area contributed by atoms with Crippen LogP contribution in [0.25, 0.3) is 0 Å². The molecule has 2 atom stereocenters. The van der Waals surface area contributed by atoms with Crippen molar-refractivity contribution in [3.8, 4) is 0 Å². The number of aliphatic hydroxyl groups is 1. The molecule has 0 aliphatic heterocycles. The van der Waals surface area contributed by atoms with Gasteiger partial charge in [-0.25, -0.2) is 0 Å². The zero-order chi connectivity index (χ0) is 14.5. The fraction of sp³-hybridized carbons (Fsp3) is 0.625. The first-order chi connectivity index (χ1) is 9.65. The van der Waals surface area contributed by atoms with Gasteiger partial charge in [-0.15, -0.1) is 0 Å². The van der Waals surface area contributed by atoms with Crippen molar-refractivity contribution in [1.29, 1.82) is 0 Å². The van der Waals surface area contributed by atoms with Gasteiger partial charge in [0.2, 0.25) is 0 Å². The van der Waals surface area contributed by atoms with Gasteiger partial charge in [0.1, 0.15) is 0 Å². The van der Waals surface area contributed by atoms with Gasteiger partial charge in [0.05, 0.1) is 12.6 Å². The van der Waals surface area contributed by atoms with Crippen molar-refractivity contribution in [1.82, 2.24) is 4.90 Å². The number of aliphatic hydroxyl groups excluding tert-OH is 1. The van der Waals surface area contributed by atoms with E-state index in [0.717, 1.165) is 10.6 Å². The Kier molecular flexibility index (Phi) is 5.85. The third kappa shape index (κ3) is 3.53. The lowest BCUT2D eigenvalue weighted by Gasteiger charge is -2.39. The molecule has 0 saturated heterocycles. The summed E-state index contributed by atoms with van der Waals surface area (Å²) in [5.41, 5.74) is 7.33. The van der Waals surface area contributed by atoms with E-state index in [-0.39, 0.29) is 18.7 Å². The van der Waals surface area contributed by atoms with Crippen LogP contribution in [0.4, 0.5) is 0 Å². The van der Waals surface area contributed by atoms with Gasteiger partial charge >= 0.3 is 0 Å². The Balaban J connectivity index is 2.31. The first kappa shape index (κ1) is 15.8. The Labute approximate surface area is 126 Å². The van der Waals surface area contributed by atoms with Gasteiger partial charge in [-0.3, -0.25) is 4.90 Å². The molecule has 1 saturated carbocycles. The second kappa shape index (κ2) is 7.41. The quantitative estimate of drug-likeness (QED) is 0.848. The van der Waals surface area contributed by atoms with Crippen LogP contribution >= 0.6 is 11.6 Å². The van der Waals surface area contributed by atoms with Gasteiger partial charge in [0.15, 0.2) is 0 Å². The topological polar surface area (TPSA) is 49.5 Å². The average Bonchev–Trinajstić information content (AvgIpc) is 2.93. The summed E-state index contributed by atoms with van der Waals surface area (Å²) in [5.74, 6) is 0. The van der Waals surface area contributed by atoms with E-state index in [0.29, 0.717) is 12.6 Å². The molecule has 0 radical (unpaired) electrons. The molecule has 20 heavy (non-hydrogen) atoms. The molecule has 1 fully saturated rings. The number of nitrogens with two attached hydrogens (primary N) is 1. The monoisotopic (exact) mass is 296 g/mol. The van der Waals surface area contributed by atoms with E-state index < -0.39 is 0 Å². The summed E-state index contributed by atoms with van der Waals surface area (Å²) in [5, 5.41) is 10.2. The maximum atomic E-state index is 9.43. The van der Waals surface area contributed by atoms with E-state index in [1.54, 1.807) is 0 Å². The van der Waals surface area contributed by atoms with Crippen LogP contribution in [0.3, 0.4) is 0 Å². The van der Waals surface area contributed by atoms with E-state index in [1.807, 2.05) is 25.1 Å². The van der Waals surface area contributed by atoms with Crippen molar-refractivity contribution in [3.05, 3.63) is 34.9 Å². The number of nitrogens with zero attached hydrogens (tertiary/aromatic N) is 1. The van der Waals surface area contributed by atoms with Crippen molar-refractivity contribution in [2.75, 3.05) is 13.2 Å². The Hall–Kier alpha value is -0.610. The largest absolute Gasteiger partial charge is 0.395 e. The normalized spacial score (nSPS) is 19.4. The lowest BCUT2D eigenvalue weighted by molar-refractivity contribution is 0.0922. The highest BCUT2D eigenvalue weighted by Crippen LogP contribution is 2.35. The summed E-state index contributed by atoms with van der Waals surface area (Å²) in [6.45, 7) is 2.83. The van der Waals surface area contributed by atoms with Gasteiger partial charge in [-0.1, -0.05) is 42.6 Å². The maximum absolute atomic E-state index is 9.43. The molecule has 1 aromatic rings. The van der Waals surface area contributed by atoms with Crippen molar-refractivity contribution in [3.63, 3.8) is 0 Å². The molecule has 112 valence electrons. The predicted octanol–water partition coefficient (Wildman–Crippen LogP) is 2.97. The molecule has 1 aliphatic rings. The van der Waals surface area contributed by atoms with Crippen LogP contribution in [0.15, 0.2) is 24.3 Å². The second-order valence-corrected chi connectivity index (χ2v) is 6.13.